The fraction of sp³-hybridized carbons (Fsp3) is 0.531. The Balaban J connectivity index is 0.862. The van der Waals surface area contributed by atoms with Gasteiger partial charge >= 0.3 is 12.1 Å². The second-order valence-corrected chi connectivity index (χ2v) is 18.1. The molecule has 3 aromatic carbocycles. The first-order chi connectivity index (χ1) is 26.9. The van der Waals surface area contributed by atoms with Crippen molar-refractivity contribution in [3.05, 3.63) is 103 Å². The molecule has 7 rings (SSSR count). The van der Waals surface area contributed by atoms with Gasteiger partial charge in [-0.3, -0.25) is 0 Å². The lowest BCUT2D eigenvalue weighted by atomic mass is 9.47. The fourth-order valence-electron chi connectivity index (χ4n) is 11.3. The summed E-state index contributed by atoms with van der Waals surface area (Å²) in [6.07, 6.45) is 15.3. The van der Waals surface area contributed by atoms with Crippen LogP contribution in [0.15, 0.2) is 84.4 Å². The highest BCUT2D eigenvalue weighted by Gasteiger charge is 2.59. The molecule has 0 aliphatic heterocycles. The number of allylic oxidation sites excluding steroid dienone is 1. The number of carbonyl (C=O) groups is 2. The van der Waals surface area contributed by atoms with Crippen LogP contribution in [-0.2, 0) is 11.3 Å². The normalized spacial score (nSPS) is 28.6. The average Bonchev–Trinajstić information content (AvgIpc) is 3.55. The van der Waals surface area contributed by atoms with Crippen LogP contribution in [0, 0.1) is 53.4 Å². The van der Waals surface area contributed by atoms with E-state index >= 15 is 0 Å². The van der Waals surface area contributed by atoms with E-state index in [1.807, 2.05) is 12.1 Å². The molecule has 56 heavy (non-hydrogen) atoms. The molecule has 1 radical (unpaired) electrons. The third-order valence-electron chi connectivity index (χ3n) is 14.3. The van der Waals surface area contributed by atoms with Crippen molar-refractivity contribution in [3.63, 3.8) is 0 Å². The zero-order valence-electron chi connectivity index (χ0n) is 34.1. The second-order valence-electron chi connectivity index (χ2n) is 18.1. The maximum absolute atomic E-state index is 13.0. The third kappa shape index (κ3) is 8.67. The molecule has 3 fully saturated rings. The van der Waals surface area contributed by atoms with Crippen LogP contribution >= 0.6 is 0 Å². The van der Waals surface area contributed by atoms with Crippen molar-refractivity contribution in [2.75, 3.05) is 0 Å². The minimum Gasteiger partial charge on any atom is -0.490 e. The maximum Gasteiger partial charge on any atom is 0.514 e. The van der Waals surface area contributed by atoms with Crippen LogP contribution in [0.2, 0.25) is 0 Å². The lowest BCUT2D eigenvalue weighted by molar-refractivity contribution is -0.0597. The van der Waals surface area contributed by atoms with E-state index in [0.717, 1.165) is 60.3 Å². The van der Waals surface area contributed by atoms with Crippen LogP contribution < -0.4 is 18.9 Å². The van der Waals surface area contributed by atoms with Crippen molar-refractivity contribution in [2.45, 2.75) is 118 Å². The van der Waals surface area contributed by atoms with E-state index in [9.17, 15) is 9.59 Å². The van der Waals surface area contributed by atoms with Crippen molar-refractivity contribution in [2.24, 2.45) is 46.3 Å². The first-order valence-corrected chi connectivity index (χ1v) is 21.1. The van der Waals surface area contributed by atoms with E-state index in [0.29, 0.717) is 40.6 Å². The largest absolute Gasteiger partial charge is 0.514 e. The van der Waals surface area contributed by atoms with Crippen molar-refractivity contribution in [1.82, 2.24) is 0 Å². The van der Waals surface area contributed by atoms with Gasteiger partial charge in [0.15, 0.2) is 0 Å². The molecular weight excluding hydrogens is 701 g/mol. The lowest BCUT2D eigenvalue weighted by Gasteiger charge is -2.58. The van der Waals surface area contributed by atoms with Crippen LogP contribution in [0.4, 0.5) is 4.79 Å². The molecule has 299 valence electrons. The van der Waals surface area contributed by atoms with E-state index in [-0.39, 0.29) is 11.5 Å². The molecule has 7 heteroatoms. The van der Waals surface area contributed by atoms with Gasteiger partial charge in [-0.2, -0.15) is 0 Å². The van der Waals surface area contributed by atoms with E-state index in [1.54, 1.807) is 60.7 Å². The number of hydrogen-bond donors (Lipinski definition) is 0. The van der Waals surface area contributed by atoms with Gasteiger partial charge < -0.3 is 23.7 Å². The fourth-order valence-corrected chi connectivity index (χ4v) is 11.3. The number of esters is 1. The highest BCUT2D eigenvalue weighted by Crippen LogP contribution is 2.67. The molecule has 8 unspecified atom stereocenters. The Hall–Kier alpha value is -4.26. The zero-order valence-corrected chi connectivity index (χ0v) is 34.1. The molecule has 0 amide bonds. The topological polar surface area (TPSA) is 80.3 Å². The van der Waals surface area contributed by atoms with Crippen molar-refractivity contribution < 1.29 is 33.3 Å². The predicted molar refractivity (Wildman–Crippen MR) is 219 cm³/mol. The van der Waals surface area contributed by atoms with E-state index in [2.05, 4.69) is 47.8 Å². The molecule has 3 aromatic rings. The smallest absolute Gasteiger partial charge is 0.490 e. The molecule has 8 atom stereocenters. The van der Waals surface area contributed by atoms with Crippen LogP contribution in [0.3, 0.4) is 0 Å². The number of benzene rings is 3. The minimum atomic E-state index is -0.644. The predicted octanol–water partition coefficient (Wildman–Crippen LogP) is 12.6. The summed E-state index contributed by atoms with van der Waals surface area (Å²) in [6.45, 7) is 12.8. The highest BCUT2D eigenvalue weighted by atomic mass is 16.7. The molecule has 0 N–H and O–H groups in total. The first kappa shape index (κ1) is 40.0. The van der Waals surface area contributed by atoms with E-state index in [1.165, 1.54) is 56.9 Å². The summed E-state index contributed by atoms with van der Waals surface area (Å²) in [5.41, 5.74) is 3.52. The van der Waals surface area contributed by atoms with Gasteiger partial charge in [-0.25, -0.2) is 9.59 Å². The average molecular weight is 762 g/mol. The minimum absolute atomic E-state index is 0.155. The summed E-state index contributed by atoms with van der Waals surface area (Å²) < 4.78 is 27.8. The first-order valence-electron chi connectivity index (χ1n) is 21.1. The quantitative estimate of drug-likeness (QED) is 0.0742. The van der Waals surface area contributed by atoms with Crippen LogP contribution in [0.5, 0.6) is 23.0 Å². The Bertz CT molecular complexity index is 1830. The second kappa shape index (κ2) is 17.1. The molecule has 3 saturated carbocycles. The SMILES string of the molecule is [CH2]Oc1ccc(C(=O)Oc2ccc(OCc3ccc(OC(=O)OC4CCC5(C)C(=CCC6C5CCC5(C)C(C(C)CCCC(C)C)CCC65)C4)cc3)cc2)cc1. The van der Waals surface area contributed by atoms with Gasteiger partial charge in [-0.1, -0.05) is 77.7 Å². The molecule has 4 aliphatic rings. The molecule has 0 saturated heterocycles. The van der Waals surface area contributed by atoms with Gasteiger partial charge in [0.25, 0.3) is 0 Å². The van der Waals surface area contributed by atoms with Crippen molar-refractivity contribution >= 4 is 12.1 Å². The molecule has 0 bridgehead atoms. The van der Waals surface area contributed by atoms with Gasteiger partial charge in [-0.15, -0.1) is 0 Å². The van der Waals surface area contributed by atoms with E-state index in [4.69, 9.17) is 23.7 Å². The molecular formula is C49H61O7. The summed E-state index contributed by atoms with van der Waals surface area (Å²) in [5.74, 6) is 6.42. The van der Waals surface area contributed by atoms with Crippen LogP contribution in [-0.4, -0.2) is 18.2 Å². The molecule has 4 aliphatic carbocycles. The Morgan fingerprint density at radius 3 is 2.16 bits per heavy atom. The Morgan fingerprint density at radius 2 is 1.45 bits per heavy atom. The van der Waals surface area contributed by atoms with Gasteiger partial charge in [0.2, 0.25) is 0 Å². The summed E-state index contributed by atoms with van der Waals surface area (Å²) >= 11 is 0. The Labute approximate surface area is 334 Å². The standard InChI is InChI=1S/C49H61O7/c1-32(2)8-7-9-33(3)43-24-25-44-42-23-14-36-30-41(26-28-48(36,4)45(42)27-29-49(43,44)5)56-47(51)55-40-15-10-34(11-16-40)31-53-38-19-21-39(22-20-38)54-46(50)35-12-17-37(52-6)18-13-35/h10-22,32-33,41-45H,6-9,23-31H2,1-5H3. The molecule has 0 spiro atoms. The Morgan fingerprint density at radius 1 is 0.768 bits per heavy atom. The number of carbonyl (C=O) groups excluding carboxylic acids is 2. The van der Waals surface area contributed by atoms with Gasteiger partial charge in [0.1, 0.15) is 42.8 Å². The third-order valence-corrected chi connectivity index (χ3v) is 14.3. The van der Waals surface area contributed by atoms with Crippen LogP contribution in [0.1, 0.15) is 121 Å². The number of fused-ring (bicyclic) bond motifs is 5. The van der Waals surface area contributed by atoms with Gasteiger partial charge in [0, 0.05) is 6.42 Å². The summed E-state index contributed by atoms with van der Waals surface area (Å²) in [5, 5.41) is 0. The Kier molecular flexibility index (Phi) is 12.2. The molecule has 7 nitrogen and oxygen atoms in total. The monoisotopic (exact) mass is 761 g/mol. The number of rotatable bonds is 13. The van der Waals surface area contributed by atoms with Gasteiger partial charge in [0.05, 0.1) is 5.56 Å². The van der Waals surface area contributed by atoms with Crippen LogP contribution in [0.25, 0.3) is 0 Å². The maximum atomic E-state index is 13.0. The summed E-state index contributed by atoms with van der Waals surface area (Å²) in [7, 11) is 3.36. The highest BCUT2D eigenvalue weighted by molar-refractivity contribution is 5.91. The summed E-state index contributed by atoms with van der Waals surface area (Å²) in [6, 6.07) is 20.7. The van der Waals surface area contributed by atoms with E-state index < -0.39 is 12.1 Å². The lowest BCUT2D eigenvalue weighted by Crippen LogP contribution is -2.51. The number of ether oxygens (including phenoxy) is 5. The van der Waals surface area contributed by atoms with Gasteiger partial charge in [-0.05, 0) is 158 Å². The zero-order chi connectivity index (χ0) is 39.5. The van der Waals surface area contributed by atoms with Crippen molar-refractivity contribution in [1.29, 1.82) is 0 Å². The summed E-state index contributed by atoms with van der Waals surface area (Å²) in [4.78, 5) is 25.4. The number of hydrogen-bond acceptors (Lipinski definition) is 7. The molecule has 0 heterocycles. The van der Waals surface area contributed by atoms with Crippen molar-refractivity contribution in [3.8, 4) is 23.0 Å². The molecule has 0 aromatic heterocycles.